The molecule has 1 aliphatic heterocycles. The second-order valence-corrected chi connectivity index (χ2v) is 4.79. The van der Waals surface area contributed by atoms with E-state index in [1.54, 1.807) is 0 Å². The lowest BCUT2D eigenvalue weighted by atomic mass is 9.94. The fourth-order valence-corrected chi connectivity index (χ4v) is 2.21. The van der Waals surface area contributed by atoms with Crippen LogP contribution in [0.3, 0.4) is 0 Å². The number of carbonyl (C=O) groups excluding carboxylic acids is 2. The number of hydrogen-bond donors (Lipinski definition) is 3. The van der Waals surface area contributed by atoms with Gasteiger partial charge in [0.05, 0.1) is 19.4 Å². The van der Waals surface area contributed by atoms with Gasteiger partial charge in [-0.15, -0.1) is 0 Å². The molecule has 1 aromatic rings. The van der Waals surface area contributed by atoms with Gasteiger partial charge in [0.15, 0.2) is 6.29 Å². The highest BCUT2D eigenvalue weighted by molar-refractivity contribution is 5.85. The Balaban J connectivity index is 1.95. The van der Waals surface area contributed by atoms with Gasteiger partial charge in [0, 0.05) is 11.7 Å². The predicted molar refractivity (Wildman–Crippen MR) is 74.7 cm³/mol. The van der Waals surface area contributed by atoms with Crippen LogP contribution in [-0.2, 0) is 14.3 Å². The van der Waals surface area contributed by atoms with Gasteiger partial charge < -0.3 is 15.4 Å². The van der Waals surface area contributed by atoms with E-state index < -0.39 is 5.92 Å². The third-order valence-corrected chi connectivity index (χ3v) is 3.36. The van der Waals surface area contributed by atoms with Crippen molar-refractivity contribution in [3.05, 3.63) is 30.3 Å². The van der Waals surface area contributed by atoms with Crippen LogP contribution in [0.5, 0.6) is 0 Å². The zero-order valence-corrected chi connectivity index (χ0v) is 11.6. The fourth-order valence-electron chi connectivity index (χ4n) is 2.21. The molecule has 108 valence electrons. The highest BCUT2D eigenvalue weighted by atomic mass is 16.5. The number of anilines is 1. The van der Waals surface area contributed by atoms with Crippen LogP contribution in [0.4, 0.5) is 5.69 Å². The van der Waals surface area contributed by atoms with Crippen molar-refractivity contribution in [3.8, 4) is 0 Å². The van der Waals surface area contributed by atoms with E-state index in [9.17, 15) is 9.59 Å². The van der Waals surface area contributed by atoms with E-state index in [2.05, 4.69) is 20.7 Å². The molecule has 3 atom stereocenters. The SMILES string of the molecule is COC(=O)CC1C(=O)NC(Nc2ccccc2)NC1C. The third-order valence-electron chi connectivity index (χ3n) is 3.36. The van der Waals surface area contributed by atoms with Crippen LogP contribution < -0.4 is 16.0 Å². The lowest BCUT2D eigenvalue weighted by Crippen LogP contribution is -2.63. The minimum atomic E-state index is -0.420. The van der Waals surface area contributed by atoms with Gasteiger partial charge in [-0.3, -0.25) is 14.9 Å². The number of ether oxygens (including phenoxy) is 1. The number of benzene rings is 1. The Hall–Kier alpha value is -2.08. The average molecular weight is 277 g/mol. The van der Waals surface area contributed by atoms with Gasteiger partial charge in [-0.2, -0.15) is 0 Å². The molecule has 0 radical (unpaired) electrons. The molecule has 1 saturated heterocycles. The van der Waals surface area contributed by atoms with Gasteiger partial charge in [0.2, 0.25) is 5.91 Å². The number of esters is 1. The summed E-state index contributed by atoms with van der Waals surface area (Å²) in [4.78, 5) is 23.4. The van der Waals surface area contributed by atoms with E-state index in [1.165, 1.54) is 7.11 Å². The van der Waals surface area contributed by atoms with Crippen LogP contribution >= 0.6 is 0 Å². The van der Waals surface area contributed by atoms with Gasteiger partial charge >= 0.3 is 5.97 Å². The minimum Gasteiger partial charge on any atom is -0.469 e. The molecule has 20 heavy (non-hydrogen) atoms. The summed E-state index contributed by atoms with van der Waals surface area (Å²) >= 11 is 0. The van der Waals surface area contributed by atoms with E-state index in [0.29, 0.717) is 0 Å². The molecule has 0 saturated carbocycles. The topological polar surface area (TPSA) is 79.5 Å². The summed E-state index contributed by atoms with van der Waals surface area (Å²) < 4.78 is 4.61. The molecule has 6 heteroatoms. The van der Waals surface area contributed by atoms with Crippen molar-refractivity contribution < 1.29 is 14.3 Å². The molecule has 1 aromatic carbocycles. The number of rotatable bonds is 4. The van der Waals surface area contributed by atoms with Crippen molar-refractivity contribution in [1.82, 2.24) is 10.6 Å². The van der Waals surface area contributed by atoms with Crippen molar-refractivity contribution in [3.63, 3.8) is 0 Å². The Morgan fingerprint density at radius 2 is 2.05 bits per heavy atom. The zero-order valence-electron chi connectivity index (χ0n) is 11.6. The molecule has 1 aliphatic rings. The Bertz CT molecular complexity index is 478. The number of amides is 1. The van der Waals surface area contributed by atoms with Crippen molar-refractivity contribution in [2.24, 2.45) is 5.92 Å². The molecule has 0 bridgehead atoms. The lowest BCUT2D eigenvalue weighted by molar-refractivity contribution is -0.145. The molecule has 1 heterocycles. The summed E-state index contributed by atoms with van der Waals surface area (Å²) in [5.74, 6) is -0.959. The minimum absolute atomic E-state index is 0.0779. The molecule has 0 spiro atoms. The maximum Gasteiger partial charge on any atom is 0.306 e. The molecule has 2 rings (SSSR count). The normalized spacial score (nSPS) is 25.7. The van der Waals surface area contributed by atoms with E-state index >= 15 is 0 Å². The summed E-state index contributed by atoms with van der Waals surface area (Å²) in [5.41, 5.74) is 0.906. The van der Waals surface area contributed by atoms with E-state index in [-0.39, 0.29) is 30.6 Å². The number of para-hydroxylation sites is 1. The lowest BCUT2D eigenvalue weighted by Gasteiger charge is -2.35. The Kier molecular flexibility index (Phi) is 4.57. The quantitative estimate of drug-likeness (QED) is 0.705. The third kappa shape index (κ3) is 3.48. The van der Waals surface area contributed by atoms with E-state index in [4.69, 9.17) is 0 Å². The van der Waals surface area contributed by atoms with Crippen molar-refractivity contribution in [2.75, 3.05) is 12.4 Å². The largest absolute Gasteiger partial charge is 0.469 e. The average Bonchev–Trinajstić information content (AvgIpc) is 2.43. The van der Waals surface area contributed by atoms with Gasteiger partial charge in [0.1, 0.15) is 0 Å². The standard InChI is InChI=1S/C14H19N3O3/c1-9-11(8-12(18)20-2)13(19)17-14(15-9)16-10-6-4-3-5-7-10/h3-7,9,11,14-16H,8H2,1-2H3,(H,17,19). The Morgan fingerprint density at radius 1 is 1.35 bits per heavy atom. The maximum atomic E-state index is 12.1. The summed E-state index contributed by atoms with van der Waals surface area (Å²) in [7, 11) is 1.32. The van der Waals surface area contributed by atoms with Gasteiger partial charge in [-0.1, -0.05) is 18.2 Å². The molecule has 0 aliphatic carbocycles. The zero-order chi connectivity index (χ0) is 14.5. The van der Waals surface area contributed by atoms with Crippen molar-refractivity contribution >= 4 is 17.6 Å². The number of methoxy groups -OCH3 is 1. The second-order valence-electron chi connectivity index (χ2n) is 4.79. The van der Waals surface area contributed by atoms with Crippen molar-refractivity contribution in [2.45, 2.75) is 25.7 Å². The molecular weight excluding hydrogens is 258 g/mol. The van der Waals surface area contributed by atoms with Crippen LogP contribution in [0.15, 0.2) is 30.3 Å². The molecular formula is C14H19N3O3. The monoisotopic (exact) mass is 277 g/mol. The van der Waals surface area contributed by atoms with Crippen molar-refractivity contribution in [1.29, 1.82) is 0 Å². The van der Waals surface area contributed by atoms with Crippen LogP contribution in [0.25, 0.3) is 0 Å². The summed E-state index contributed by atoms with van der Waals surface area (Å²) in [5, 5.41) is 9.20. The molecule has 6 nitrogen and oxygen atoms in total. The highest BCUT2D eigenvalue weighted by Crippen LogP contribution is 2.16. The summed E-state index contributed by atoms with van der Waals surface area (Å²) in [6.45, 7) is 1.88. The molecule has 0 aromatic heterocycles. The van der Waals surface area contributed by atoms with E-state index in [0.717, 1.165) is 5.69 Å². The Morgan fingerprint density at radius 3 is 2.65 bits per heavy atom. The first-order chi connectivity index (χ1) is 9.60. The van der Waals surface area contributed by atoms with Crippen LogP contribution in [0.1, 0.15) is 13.3 Å². The van der Waals surface area contributed by atoms with Gasteiger partial charge in [-0.05, 0) is 19.1 Å². The summed E-state index contributed by atoms with van der Waals surface area (Å²) in [6, 6.07) is 9.46. The predicted octanol–water partition coefficient (Wildman–Crippen LogP) is 0.669. The second kappa shape index (κ2) is 6.38. The van der Waals surface area contributed by atoms with Crippen LogP contribution in [0.2, 0.25) is 0 Å². The first kappa shape index (κ1) is 14.3. The van der Waals surface area contributed by atoms with E-state index in [1.807, 2.05) is 37.3 Å². The first-order valence-electron chi connectivity index (χ1n) is 6.55. The first-order valence-corrected chi connectivity index (χ1v) is 6.55. The number of carbonyl (C=O) groups is 2. The number of nitrogens with one attached hydrogen (secondary N) is 3. The summed E-state index contributed by atoms with van der Waals surface area (Å²) in [6.07, 6.45) is -0.275. The highest BCUT2D eigenvalue weighted by Gasteiger charge is 2.35. The molecule has 3 unspecified atom stereocenters. The molecule has 1 amide bonds. The molecule has 1 fully saturated rings. The van der Waals surface area contributed by atoms with Crippen LogP contribution in [-0.4, -0.2) is 31.3 Å². The number of hydrogen-bond acceptors (Lipinski definition) is 5. The van der Waals surface area contributed by atoms with Gasteiger partial charge in [0.25, 0.3) is 0 Å². The Labute approximate surface area is 117 Å². The van der Waals surface area contributed by atoms with Crippen LogP contribution in [0, 0.1) is 5.92 Å². The molecule has 3 N–H and O–H groups in total. The fraction of sp³-hybridized carbons (Fsp3) is 0.429. The maximum absolute atomic E-state index is 12.1. The smallest absolute Gasteiger partial charge is 0.306 e. The van der Waals surface area contributed by atoms with Gasteiger partial charge in [-0.25, -0.2) is 0 Å².